The van der Waals surface area contributed by atoms with Crippen LogP contribution in [0.5, 0.6) is 5.75 Å². The third-order valence-corrected chi connectivity index (χ3v) is 3.10. The Hall–Kier alpha value is -1.98. The van der Waals surface area contributed by atoms with E-state index in [-0.39, 0.29) is 0 Å². The molecule has 96 valence electrons. The predicted octanol–water partition coefficient (Wildman–Crippen LogP) is 4.07. The van der Waals surface area contributed by atoms with E-state index in [1.54, 1.807) is 0 Å². The Morgan fingerprint density at radius 1 is 0.895 bits per heavy atom. The van der Waals surface area contributed by atoms with Crippen LogP contribution < -0.4 is 4.74 Å². The van der Waals surface area contributed by atoms with E-state index in [4.69, 9.17) is 21.6 Å². The lowest BCUT2D eigenvalue weighted by atomic mass is 10.1. The van der Waals surface area contributed by atoms with Crippen LogP contribution in [0.2, 0.25) is 0 Å². The molecule has 0 spiro atoms. The van der Waals surface area contributed by atoms with E-state index in [1.807, 2.05) is 48.5 Å². The number of nitrogens with zero attached hydrogens (tertiary/aromatic N) is 1. The Morgan fingerprint density at radius 3 is 2.05 bits per heavy atom. The van der Waals surface area contributed by atoms with Gasteiger partial charge in [-0.05, 0) is 28.8 Å². The van der Waals surface area contributed by atoms with Crippen LogP contribution in [0.4, 0.5) is 0 Å². The molecular formula is C16H14ClNO. The zero-order valence-electron chi connectivity index (χ0n) is 10.5. The quantitative estimate of drug-likeness (QED) is 0.768. The molecule has 2 rings (SSSR count). The lowest BCUT2D eigenvalue weighted by molar-refractivity contribution is 0.306. The Kier molecular flexibility index (Phi) is 4.83. The Bertz CT molecular complexity index is 555. The van der Waals surface area contributed by atoms with Gasteiger partial charge in [-0.25, -0.2) is 0 Å². The lowest BCUT2D eigenvalue weighted by Gasteiger charge is -2.07. The zero-order chi connectivity index (χ0) is 13.5. The molecular weight excluding hydrogens is 258 g/mol. The molecule has 0 saturated carbocycles. The molecule has 3 heteroatoms. The molecule has 0 aromatic heterocycles. The van der Waals surface area contributed by atoms with Crippen LogP contribution >= 0.6 is 11.6 Å². The third-order valence-electron chi connectivity index (χ3n) is 2.79. The van der Waals surface area contributed by atoms with Crippen molar-refractivity contribution in [1.29, 1.82) is 5.26 Å². The van der Waals surface area contributed by atoms with E-state index >= 15 is 0 Å². The molecule has 0 aliphatic carbocycles. The van der Waals surface area contributed by atoms with Gasteiger partial charge in [0.05, 0.1) is 12.5 Å². The number of benzene rings is 2. The molecule has 0 unspecified atom stereocenters. The van der Waals surface area contributed by atoms with Crippen LogP contribution in [0.3, 0.4) is 0 Å². The van der Waals surface area contributed by atoms with E-state index in [0.717, 1.165) is 22.4 Å². The molecule has 0 radical (unpaired) electrons. The fourth-order valence-electron chi connectivity index (χ4n) is 1.69. The van der Waals surface area contributed by atoms with Crippen LogP contribution in [0.15, 0.2) is 48.5 Å². The summed E-state index contributed by atoms with van der Waals surface area (Å²) in [5, 5.41) is 8.59. The largest absolute Gasteiger partial charge is 0.489 e. The first-order valence-corrected chi connectivity index (χ1v) is 6.58. The molecule has 0 aliphatic rings. The van der Waals surface area contributed by atoms with Crippen LogP contribution in [0, 0.1) is 11.3 Å². The summed E-state index contributed by atoms with van der Waals surface area (Å²) >= 11 is 5.74. The summed E-state index contributed by atoms with van der Waals surface area (Å²) in [7, 11) is 0. The molecule has 0 fully saturated rings. The molecule has 0 N–H and O–H groups in total. The number of hydrogen-bond donors (Lipinski definition) is 0. The summed E-state index contributed by atoms with van der Waals surface area (Å²) in [5.41, 5.74) is 3.21. The maximum Gasteiger partial charge on any atom is 0.119 e. The number of alkyl halides is 1. The van der Waals surface area contributed by atoms with Crippen LogP contribution in [0.25, 0.3) is 0 Å². The van der Waals surface area contributed by atoms with Crippen LogP contribution in [-0.4, -0.2) is 0 Å². The summed E-state index contributed by atoms with van der Waals surface area (Å²) in [4.78, 5) is 0. The van der Waals surface area contributed by atoms with Gasteiger partial charge in [-0.15, -0.1) is 11.6 Å². The number of ether oxygens (including phenoxy) is 1. The monoisotopic (exact) mass is 271 g/mol. The highest BCUT2D eigenvalue weighted by atomic mass is 35.5. The van der Waals surface area contributed by atoms with Crippen LogP contribution in [0.1, 0.15) is 16.7 Å². The van der Waals surface area contributed by atoms with E-state index in [9.17, 15) is 0 Å². The summed E-state index contributed by atoms with van der Waals surface area (Å²) in [6.45, 7) is 0.528. The van der Waals surface area contributed by atoms with Gasteiger partial charge in [0.2, 0.25) is 0 Å². The van der Waals surface area contributed by atoms with Crippen molar-refractivity contribution in [3.05, 3.63) is 65.2 Å². The topological polar surface area (TPSA) is 33.0 Å². The highest BCUT2D eigenvalue weighted by Crippen LogP contribution is 2.15. The fraction of sp³-hybridized carbons (Fsp3) is 0.188. The van der Waals surface area contributed by atoms with Crippen molar-refractivity contribution >= 4 is 11.6 Å². The van der Waals surface area contributed by atoms with Crippen molar-refractivity contribution in [3.8, 4) is 11.8 Å². The Labute approximate surface area is 118 Å². The van der Waals surface area contributed by atoms with Gasteiger partial charge in [-0.1, -0.05) is 36.4 Å². The van der Waals surface area contributed by atoms with Gasteiger partial charge in [-0.2, -0.15) is 5.26 Å². The average molecular weight is 272 g/mol. The molecule has 0 heterocycles. The van der Waals surface area contributed by atoms with Gasteiger partial charge < -0.3 is 4.74 Å². The zero-order valence-corrected chi connectivity index (χ0v) is 11.2. The minimum atomic E-state index is 0.431. The Morgan fingerprint density at radius 2 is 1.47 bits per heavy atom. The lowest BCUT2D eigenvalue weighted by Crippen LogP contribution is -1.95. The second-order valence-corrected chi connectivity index (χ2v) is 4.48. The predicted molar refractivity (Wildman–Crippen MR) is 76.1 cm³/mol. The third kappa shape index (κ3) is 4.01. The minimum Gasteiger partial charge on any atom is -0.489 e. The standard InChI is InChI=1S/C16H14ClNO/c17-11-14-1-3-15(4-2-14)12-19-16-7-5-13(6-8-16)9-10-18/h1-8H,9,11-12H2. The molecule has 2 nitrogen and oxygen atoms in total. The van der Waals surface area contributed by atoms with E-state index in [1.165, 1.54) is 0 Å². The Balaban J connectivity index is 1.92. The van der Waals surface area contributed by atoms with Gasteiger partial charge in [0, 0.05) is 5.88 Å². The van der Waals surface area contributed by atoms with Crippen molar-refractivity contribution < 1.29 is 4.74 Å². The summed E-state index contributed by atoms with van der Waals surface area (Å²) in [5.74, 6) is 1.34. The van der Waals surface area contributed by atoms with E-state index < -0.39 is 0 Å². The number of hydrogen-bond acceptors (Lipinski definition) is 2. The maximum absolute atomic E-state index is 8.59. The summed E-state index contributed by atoms with van der Waals surface area (Å²) in [6.07, 6.45) is 0.431. The molecule has 0 aliphatic heterocycles. The SMILES string of the molecule is N#CCc1ccc(OCc2ccc(CCl)cc2)cc1. The molecule has 0 saturated heterocycles. The molecule has 2 aromatic carbocycles. The van der Waals surface area contributed by atoms with Crippen molar-refractivity contribution in [1.82, 2.24) is 0 Å². The molecule has 19 heavy (non-hydrogen) atoms. The maximum atomic E-state index is 8.59. The highest BCUT2D eigenvalue weighted by molar-refractivity contribution is 6.17. The first-order valence-electron chi connectivity index (χ1n) is 6.04. The van der Waals surface area contributed by atoms with Crippen LogP contribution in [-0.2, 0) is 18.9 Å². The average Bonchev–Trinajstić information content (AvgIpc) is 2.47. The molecule has 0 amide bonds. The first kappa shape index (κ1) is 13.5. The number of halogens is 1. The molecule has 2 aromatic rings. The van der Waals surface area contributed by atoms with Gasteiger partial charge >= 0.3 is 0 Å². The smallest absolute Gasteiger partial charge is 0.119 e. The minimum absolute atomic E-state index is 0.431. The normalized spacial score (nSPS) is 9.89. The van der Waals surface area contributed by atoms with Crippen molar-refractivity contribution in [2.24, 2.45) is 0 Å². The second kappa shape index (κ2) is 6.82. The number of nitriles is 1. The van der Waals surface area contributed by atoms with Gasteiger partial charge in [0.15, 0.2) is 0 Å². The molecule has 0 bridgehead atoms. The van der Waals surface area contributed by atoms with Crippen molar-refractivity contribution in [2.75, 3.05) is 0 Å². The van der Waals surface area contributed by atoms with E-state index in [0.29, 0.717) is 18.9 Å². The van der Waals surface area contributed by atoms with E-state index in [2.05, 4.69) is 6.07 Å². The fourth-order valence-corrected chi connectivity index (χ4v) is 1.86. The van der Waals surface area contributed by atoms with Gasteiger partial charge in [0.1, 0.15) is 12.4 Å². The first-order chi connectivity index (χ1) is 9.31. The van der Waals surface area contributed by atoms with Crippen molar-refractivity contribution in [2.45, 2.75) is 18.9 Å². The second-order valence-electron chi connectivity index (χ2n) is 4.22. The van der Waals surface area contributed by atoms with Crippen molar-refractivity contribution in [3.63, 3.8) is 0 Å². The molecule has 0 atom stereocenters. The number of rotatable bonds is 5. The van der Waals surface area contributed by atoms with Gasteiger partial charge in [-0.3, -0.25) is 0 Å². The highest BCUT2D eigenvalue weighted by Gasteiger charge is 1.98. The van der Waals surface area contributed by atoms with Gasteiger partial charge in [0.25, 0.3) is 0 Å². The summed E-state index contributed by atoms with van der Waals surface area (Å²) < 4.78 is 5.68. The summed E-state index contributed by atoms with van der Waals surface area (Å²) in [6, 6.07) is 17.8.